The Morgan fingerprint density at radius 3 is 3.00 bits per heavy atom. The van der Waals surface area contributed by atoms with Crippen LogP contribution in [-0.4, -0.2) is 25.2 Å². The van der Waals surface area contributed by atoms with Crippen molar-refractivity contribution in [2.24, 2.45) is 0 Å². The minimum atomic E-state index is -0.224. The van der Waals surface area contributed by atoms with Crippen molar-refractivity contribution in [1.82, 2.24) is 0 Å². The lowest BCUT2D eigenvalue weighted by Crippen LogP contribution is -3.00. The van der Waals surface area contributed by atoms with E-state index in [4.69, 9.17) is 4.74 Å². The van der Waals surface area contributed by atoms with Crippen molar-refractivity contribution in [3.8, 4) is 0 Å². The molecular formula is C9H16ClNO2. The highest BCUT2D eigenvalue weighted by atomic mass is 35.5. The molecule has 0 saturated carbocycles. The number of nitrogens with two attached hydrogens (primary N) is 1. The van der Waals surface area contributed by atoms with Gasteiger partial charge in [0.05, 0.1) is 13.2 Å². The Bertz CT molecular complexity index is 176. The minimum Gasteiger partial charge on any atom is -1.00 e. The molecule has 76 valence electrons. The molecule has 0 bridgehead atoms. The van der Waals surface area contributed by atoms with E-state index in [0.29, 0.717) is 12.6 Å². The molecule has 1 fully saturated rings. The number of carbonyl (C=O) groups is 1. The molecule has 1 aliphatic heterocycles. The molecular weight excluding hydrogens is 190 g/mol. The second-order valence-corrected chi connectivity index (χ2v) is 2.94. The van der Waals surface area contributed by atoms with Crippen LogP contribution >= 0.6 is 0 Å². The Kier molecular flexibility index (Phi) is 6.63. The van der Waals surface area contributed by atoms with Crippen LogP contribution in [0.2, 0.25) is 0 Å². The SMILES string of the molecule is CCOC(=O)/C=C\[C@H]1CCC[NH2+]1.[Cl-]. The summed E-state index contributed by atoms with van der Waals surface area (Å²) < 4.78 is 4.76. The second kappa shape index (κ2) is 6.92. The van der Waals surface area contributed by atoms with E-state index < -0.39 is 0 Å². The lowest BCUT2D eigenvalue weighted by atomic mass is 10.2. The van der Waals surface area contributed by atoms with Crippen molar-refractivity contribution < 1.29 is 27.3 Å². The van der Waals surface area contributed by atoms with E-state index in [9.17, 15) is 4.79 Å². The van der Waals surface area contributed by atoms with Crippen LogP contribution in [0.1, 0.15) is 19.8 Å². The average molecular weight is 206 g/mol. The quantitative estimate of drug-likeness (QED) is 0.391. The van der Waals surface area contributed by atoms with Crippen molar-refractivity contribution >= 4 is 5.97 Å². The largest absolute Gasteiger partial charge is 1.00 e. The van der Waals surface area contributed by atoms with E-state index >= 15 is 0 Å². The van der Waals surface area contributed by atoms with Crippen molar-refractivity contribution in [1.29, 1.82) is 0 Å². The Hall–Kier alpha value is -0.540. The normalized spacial score (nSPS) is 21.5. The van der Waals surface area contributed by atoms with Gasteiger partial charge in [-0.25, -0.2) is 4.79 Å². The summed E-state index contributed by atoms with van der Waals surface area (Å²) in [5, 5.41) is 2.25. The lowest BCUT2D eigenvalue weighted by molar-refractivity contribution is -0.659. The van der Waals surface area contributed by atoms with Crippen LogP contribution in [-0.2, 0) is 9.53 Å². The molecule has 3 nitrogen and oxygen atoms in total. The van der Waals surface area contributed by atoms with Crippen molar-refractivity contribution in [3.05, 3.63) is 12.2 Å². The van der Waals surface area contributed by atoms with E-state index in [1.54, 1.807) is 0 Å². The maximum atomic E-state index is 10.9. The van der Waals surface area contributed by atoms with Gasteiger partial charge in [0.1, 0.15) is 6.04 Å². The minimum absolute atomic E-state index is 0. The number of quaternary nitrogens is 1. The van der Waals surface area contributed by atoms with Crippen LogP contribution in [0.25, 0.3) is 0 Å². The molecule has 1 aliphatic rings. The summed E-state index contributed by atoms with van der Waals surface area (Å²) in [6, 6.07) is 0.495. The first-order chi connectivity index (χ1) is 5.83. The van der Waals surface area contributed by atoms with E-state index in [-0.39, 0.29) is 18.4 Å². The van der Waals surface area contributed by atoms with Crippen LogP contribution in [0.15, 0.2) is 12.2 Å². The average Bonchev–Trinajstić information content (AvgIpc) is 2.53. The number of hydrogen-bond donors (Lipinski definition) is 1. The highest BCUT2D eigenvalue weighted by molar-refractivity contribution is 5.81. The predicted molar refractivity (Wildman–Crippen MR) is 45.6 cm³/mol. The van der Waals surface area contributed by atoms with E-state index in [1.165, 1.54) is 25.5 Å². The second-order valence-electron chi connectivity index (χ2n) is 2.94. The topological polar surface area (TPSA) is 42.9 Å². The third kappa shape index (κ3) is 4.90. The van der Waals surface area contributed by atoms with Gasteiger partial charge in [-0.3, -0.25) is 0 Å². The summed E-state index contributed by atoms with van der Waals surface area (Å²) >= 11 is 0. The number of ether oxygens (including phenoxy) is 1. The van der Waals surface area contributed by atoms with Gasteiger partial charge in [0.25, 0.3) is 0 Å². The number of rotatable bonds is 3. The molecule has 0 aliphatic carbocycles. The smallest absolute Gasteiger partial charge is 0.330 e. The fraction of sp³-hybridized carbons (Fsp3) is 0.667. The molecule has 1 saturated heterocycles. The van der Waals surface area contributed by atoms with Crippen LogP contribution in [0.4, 0.5) is 0 Å². The number of esters is 1. The summed E-state index contributed by atoms with van der Waals surface area (Å²) in [7, 11) is 0. The standard InChI is InChI=1S/C9H15NO2.ClH/c1-2-12-9(11)6-5-8-4-3-7-10-8;/h5-6,8,10H,2-4,7H2,1H3;1H/b6-5-;/t8-;/m1./s1. The molecule has 1 rings (SSSR count). The van der Waals surface area contributed by atoms with Crippen molar-refractivity contribution in [2.45, 2.75) is 25.8 Å². The molecule has 13 heavy (non-hydrogen) atoms. The number of hydrogen-bond acceptors (Lipinski definition) is 2. The van der Waals surface area contributed by atoms with E-state index in [1.807, 2.05) is 13.0 Å². The maximum absolute atomic E-state index is 10.9. The summed E-state index contributed by atoms with van der Waals surface area (Å²) in [4.78, 5) is 10.9. The summed E-state index contributed by atoms with van der Waals surface area (Å²) in [5.41, 5.74) is 0. The van der Waals surface area contributed by atoms with Crippen molar-refractivity contribution in [3.63, 3.8) is 0 Å². The molecule has 0 unspecified atom stereocenters. The zero-order chi connectivity index (χ0) is 8.81. The van der Waals surface area contributed by atoms with Crippen LogP contribution in [0, 0.1) is 0 Å². The highest BCUT2D eigenvalue weighted by Crippen LogP contribution is 1.98. The molecule has 0 spiro atoms. The molecule has 0 aromatic carbocycles. The first-order valence-electron chi connectivity index (χ1n) is 4.51. The molecule has 0 aromatic heterocycles. The van der Waals surface area contributed by atoms with Gasteiger partial charge in [-0.05, 0) is 13.0 Å². The highest BCUT2D eigenvalue weighted by Gasteiger charge is 2.14. The fourth-order valence-corrected chi connectivity index (χ4v) is 1.37. The van der Waals surface area contributed by atoms with E-state index in [2.05, 4.69) is 5.32 Å². The Balaban J connectivity index is 0.00000144. The fourth-order valence-electron chi connectivity index (χ4n) is 1.37. The first kappa shape index (κ1) is 12.5. The predicted octanol–water partition coefficient (Wildman–Crippen LogP) is -3.16. The van der Waals surface area contributed by atoms with Gasteiger partial charge < -0.3 is 22.5 Å². The molecule has 0 amide bonds. The summed E-state index contributed by atoms with van der Waals surface area (Å²) in [6.45, 7) is 3.45. The Morgan fingerprint density at radius 2 is 2.46 bits per heavy atom. The van der Waals surface area contributed by atoms with Crippen molar-refractivity contribution in [2.75, 3.05) is 13.2 Å². The lowest BCUT2D eigenvalue weighted by Gasteiger charge is -1.98. The first-order valence-corrected chi connectivity index (χ1v) is 4.51. The monoisotopic (exact) mass is 205 g/mol. The van der Waals surface area contributed by atoms with Gasteiger partial charge in [-0.1, -0.05) is 0 Å². The molecule has 2 N–H and O–H groups in total. The molecule has 4 heteroatoms. The van der Waals surface area contributed by atoms with Gasteiger partial charge in [0.2, 0.25) is 0 Å². The van der Waals surface area contributed by atoms with Crippen LogP contribution in [0.5, 0.6) is 0 Å². The van der Waals surface area contributed by atoms with Gasteiger partial charge in [0, 0.05) is 18.9 Å². The van der Waals surface area contributed by atoms with Gasteiger partial charge in [-0.15, -0.1) is 0 Å². The zero-order valence-corrected chi connectivity index (χ0v) is 8.59. The third-order valence-corrected chi connectivity index (χ3v) is 1.98. The van der Waals surface area contributed by atoms with Gasteiger partial charge in [0.15, 0.2) is 0 Å². The maximum Gasteiger partial charge on any atom is 0.330 e. The summed E-state index contributed by atoms with van der Waals surface area (Å²) in [5.74, 6) is -0.224. The van der Waals surface area contributed by atoms with Gasteiger partial charge >= 0.3 is 5.97 Å². The Morgan fingerprint density at radius 1 is 1.69 bits per heavy atom. The van der Waals surface area contributed by atoms with Crippen LogP contribution in [0.3, 0.4) is 0 Å². The van der Waals surface area contributed by atoms with E-state index in [0.717, 1.165) is 0 Å². The number of halogens is 1. The Labute approximate surface area is 84.9 Å². The van der Waals surface area contributed by atoms with Crippen LogP contribution < -0.4 is 17.7 Å². The summed E-state index contributed by atoms with van der Waals surface area (Å²) in [6.07, 6.45) is 5.90. The molecule has 0 aromatic rings. The number of carbonyl (C=O) groups excluding carboxylic acids is 1. The molecule has 0 radical (unpaired) electrons. The third-order valence-electron chi connectivity index (χ3n) is 1.98. The zero-order valence-electron chi connectivity index (χ0n) is 7.83. The van der Waals surface area contributed by atoms with Gasteiger partial charge in [-0.2, -0.15) is 0 Å². The molecule has 1 heterocycles. The molecule has 1 atom stereocenters.